The molecule has 1 aliphatic carbocycles. The molecule has 0 atom stereocenters. The van der Waals surface area contributed by atoms with Gasteiger partial charge in [0.1, 0.15) is 12.1 Å². The number of ether oxygens (including phenoxy) is 1. The molecule has 1 aromatic heterocycles. The molecule has 0 aromatic carbocycles. The van der Waals surface area contributed by atoms with Crippen molar-refractivity contribution >= 4 is 5.91 Å². The highest BCUT2D eigenvalue weighted by molar-refractivity contribution is 5.78. The number of nitrogens with zero attached hydrogens (tertiary/aromatic N) is 2. The fraction of sp³-hybridized carbons (Fsp3) is 0.667. The number of hydrogen-bond acceptors (Lipinski definition) is 5. The van der Waals surface area contributed by atoms with E-state index in [0.717, 1.165) is 19.3 Å². The predicted octanol–water partition coefficient (Wildman–Crippen LogP) is 0.211. The van der Waals surface area contributed by atoms with E-state index in [4.69, 9.17) is 9.26 Å². The molecule has 0 radical (unpaired) electrons. The fourth-order valence-corrected chi connectivity index (χ4v) is 1.75. The highest BCUT2D eigenvalue weighted by Gasteiger charge is 2.43. The van der Waals surface area contributed by atoms with Crippen molar-refractivity contribution < 1.29 is 14.1 Å². The van der Waals surface area contributed by atoms with E-state index in [9.17, 15) is 4.79 Å². The van der Waals surface area contributed by atoms with Crippen LogP contribution < -0.4 is 5.32 Å². The molecule has 1 fully saturated rings. The van der Waals surface area contributed by atoms with E-state index < -0.39 is 5.54 Å². The fourth-order valence-electron chi connectivity index (χ4n) is 1.75. The maximum absolute atomic E-state index is 11.4. The summed E-state index contributed by atoms with van der Waals surface area (Å²) in [6.07, 6.45) is 4.03. The van der Waals surface area contributed by atoms with E-state index >= 15 is 0 Å². The van der Waals surface area contributed by atoms with Gasteiger partial charge in [0.25, 0.3) is 0 Å². The smallest absolute Gasteiger partial charge is 0.246 e. The first kappa shape index (κ1) is 10.1. The molecule has 6 nitrogen and oxygen atoms in total. The molecule has 6 heteroatoms. The summed E-state index contributed by atoms with van der Waals surface area (Å²) in [5.41, 5.74) is -0.428. The standard InChI is InChI=1S/C9H13N3O3/c1-14-5-7(13)11-9(3-2-4-9)8-10-6-15-12-8/h6H,2-5H2,1H3,(H,11,13). The highest BCUT2D eigenvalue weighted by atomic mass is 16.5. The second kappa shape index (κ2) is 3.98. The van der Waals surface area contributed by atoms with Crippen molar-refractivity contribution in [2.24, 2.45) is 0 Å². The van der Waals surface area contributed by atoms with Gasteiger partial charge in [-0.2, -0.15) is 4.98 Å². The Morgan fingerprint density at radius 1 is 1.73 bits per heavy atom. The van der Waals surface area contributed by atoms with Gasteiger partial charge in [0.2, 0.25) is 12.3 Å². The second-order valence-electron chi connectivity index (χ2n) is 3.67. The molecule has 82 valence electrons. The van der Waals surface area contributed by atoms with Crippen molar-refractivity contribution in [1.29, 1.82) is 0 Å². The number of carbonyl (C=O) groups excluding carboxylic acids is 1. The van der Waals surface area contributed by atoms with Gasteiger partial charge in [-0.3, -0.25) is 4.79 Å². The summed E-state index contributed by atoms with van der Waals surface area (Å²) in [5, 5.41) is 6.67. The van der Waals surface area contributed by atoms with Crippen LogP contribution in [0.5, 0.6) is 0 Å². The lowest BCUT2D eigenvalue weighted by Crippen LogP contribution is -2.52. The summed E-state index contributed by atoms with van der Waals surface area (Å²) in [4.78, 5) is 15.4. The molecule has 1 heterocycles. The maximum Gasteiger partial charge on any atom is 0.246 e. The van der Waals surface area contributed by atoms with Gasteiger partial charge in [0.15, 0.2) is 5.82 Å². The van der Waals surface area contributed by atoms with Crippen molar-refractivity contribution in [2.75, 3.05) is 13.7 Å². The van der Waals surface area contributed by atoms with Gasteiger partial charge in [0.05, 0.1) is 0 Å². The SMILES string of the molecule is COCC(=O)NC1(c2ncon2)CCC1. The maximum atomic E-state index is 11.4. The third-order valence-corrected chi connectivity index (χ3v) is 2.65. The Morgan fingerprint density at radius 2 is 2.53 bits per heavy atom. The third-order valence-electron chi connectivity index (χ3n) is 2.65. The van der Waals surface area contributed by atoms with Crippen LogP contribution in [0, 0.1) is 0 Å². The molecule has 1 aromatic rings. The average molecular weight is 211 g/mol. The number of methoxy groups -OCH3 is 1. The zero-order valence-corrected chi connectivity index (χ0v) is 8.52. The number of carbonyl (C=O) groups is 1. The van der Waals surface area contributed by atoms with Crippen LogP contribution in [0.25, 0.3) is 0 Å². The van der Waals surface area contributed by atoms with E-state index in [-0.39, 0.29) is 12.5 Å². The molecule has 1 aliphatic rings. The summed E-state index contributed by atoms with van der Waals surface area (Å²) in [6.45, 7) is 0.0552. The molecular weight excluding hydrogens is 198 g/mol. The number of aromatic nitrogens is 2. The average Bonchev–Trinajstić information content (AvgIpc) is 2.64. The van der Waals surface area contributed by atoms with E-state index in [1.807, 2.05) is 0 Å². The van der Waals surface area contributed by atoms with Crippen LogP contribution in [0.1, 0.15) is 25.1 Å². The Balaban J connectivity index is 2.06. The largest absolute Gasteiger partial charge is 0.375 e. The lowest BCUT2D eigenvalue weighted by molar-refractivity contribution is -0.128. The van der Waals surface area contributed by atoms with Crippen molar-refractivity contribution in [3.8, 4) is 0 Å². The van der Waals surface area contributed by atoms with E-state index in [2.05, 4.69) is 15.5 Å². The molecular formula is C9H13N3O3. The van der Waals surface area contributed by atoms with Crippen LogP contribution >= 0.6 is 0 Å². The van der Waals surface area contributed by atoms with Crippen LogP contribution in [-0.2, 0) is 15.1 Å². The molecule has 1 N–H and O–H groups in total. The van der Waals surface area contributed by atoms with Crippen molar-refractivity contribution in [3.63, 3.8) is 0 Å². The first-order valence-electron chi connectivity index (χ1n) is 4.84. The summed E-state index contributed by atoms with van der Waals surface area (Å²) < 4.78 is 9.45. The van der Waals surface area contributed by atoms with Crippen LogP contribution in [0.15, 0.2) is 10.9 Å². The second-order valence-corrected chi connectivity index (χ2v) is 3.67. The molecule has 2 rings (SSSR count). The molecule has 0 saturated heterocycles. The van der Waals surface area contributed by atoms with Crippen LogP contribution in [0.2, 0.25) is 0 Å². The Bertz CT molecular complexity index is 332. The number of nitrogens with one attached hydrogen (secondary N) is 1. The number of amides is 1. The number of rotatable bonds is 4. The van der Waals surface area contributed by atoms with Crippen LogP contribution in [-0.4, -0.2) is 29.8 Å². The van der Waals surface area contributed by atoms with E-state index in [1.54, 1.807) is 0 Å². The van der Waals surface area contributed by atoms with Crippen LogP contribution in [0.4, 0.5) is 0 Å². The quantitative estimate of drug-likeness (QED) is 0.770. The minimum Gasteiger partial charge on any atom is -0.375 e. The van der Waals surface area contributed by atoms with Crippen LogP contribution in [0.3, 0.4) is 0 Å². The van der Waals surface area contributed by atoms with Gasteiger partial charge in [0, 0.05) is 7.11 Å². The molecule has 1 saturated carbocycles. The Labute approximate surface area is 87.0 Å². The van der Waals surface area contributed by atoms with E-state index in [1.165, 1.54) is 13.5 Å². The Hall–Kier alpha value is -1.43. The monoisotopic (exact) mass is 211 g/mol. The molecule has 0 unspecified atom stereocenters. The molecule has 0 spiro atoms. The molecule has 0 aliphatic heterocycles. The van der Waals surface area contributed by atoms with Gasteiger partial charge in [-0.15, -0.1) is 0 Å². The Morgan fingerprint density at radius 3 is 3.00 bits per heavy atom. The first-order chi connectivity index (χ1) is 7.27. The minimum atomic E-state index is -0.428. The van der Waals surface area contributed by atoms with Crippen molar-refractivity contribution in [1.82, 2.24) is 15.5 Å². The Kier molecular flexibility index (Phi) is 2.68. The lowest BCUT2D eigenvalue weighted by Gasteiger charge is -2.39. The van der Waals surface area contributed by atoms with Gasteiger partial charge in [-0.1, -0.05) is 5.16 Å². The summed E-state index contributed by atoms with van der Waals surface area (Å²) in [5.74, 6) is 0.403. The summed E-state index contributed by atoms with van der Waals surface area (Å²) >= 11 is 0. The van der Waals surface area contributed by atoms with Gasteiger partial charge >= 0.3 is 0 Å². The molecule has 1 amide bonds. The van der Waals surface area contributed by atoms with Gasteiger partial charge in [-0.05, 0) is 19.3 Å². The van der Waals surface area contributed by atoms with E-state index in [0.29, 0.717) is 5.82 Å². The third kappa shape index (κ3) is 1.85. The topological polar surface area (TPSA) is 77.2 Å². The zero-order chi connectivity index (χ0) is 10.7. The number of hydrogen-bond donors (Lipinski definition) is 1. The predicted molar refractivity (Wildman–Crippen MR) is 49.8 cm³/mol. The molecule has 0 bridgehead atoms. The highest BCUT2D eigenvalue weighted by Crippen LogP contribution is 2.39. The summed E-state index contributed by atoms with van der Waals surface area (Å²) in [7, 11) is 1.49. The zero-order valence-electron chi connectivity index (χ0n) is 8.52. The van der Waals surface area contributed by atoms with Crippen molar-refractivity contribution in [3.05, 3.63) is 12.2 Å². The minimum absolute atomic E-state index is 0.0552. The molecule has 15 heavy (non-hydrogen) atoms. The van der Waals surface area contributed by atoms with Gasteiger partial charge < -0.3 is 14.6 Å². The van der Waals surface area contributed by atoms with Crippen molar-refractivity contribution in [2.45, 2.75) is 24.8 Å². The normalized spacial score (nSPS) is 18.2. The van der Waals surface area contributed by atoms with Gasteiger partial charge in [-0.25, -0.2) is 0 Å². The summed E-state index contributed by atoms with van der Waals surface area (Å²) in [6, 6.07) is 0. The first-order valence-corrected chi connectivity index (χ1v) is 4.84. The lowest BCUT2D eigenvalue weighted by atomic mass is 9.76.